The van der Waals surface area contributed by atoms with Gasteiger partial charge >= 0.3 is 11.9 Å². The van der Waals surface area contributed by atoms with Gasteiger partial charge in [-0.1, -0.05) is 6.58 Å². The van der Waals surface area contributed by atoms with Crippen LogP contribution in [0.3, 0.4) is 0 Å². The Balaban J connectivity index is 1.68. The average Bonchev–Trinajstić information content (AvgIpc) is 3.23. The Kier molecular flexibility index (Phi) is 4.26. The van der Waals surface area contributed by atoms with E-state index in [0.717, 1.165) is 44.9 Å². The maximum Gasteiger partial charge on any atom is 0.334 e. The smallest absolute Gasteiger partial charge is 0.334 e. The molecule has 122 valence electrons. The van der Waals surface area contributed by atoms with E-state index in [-0.39, 0.29) is 18.1 Å². The second kappa shape index (κ2) is 6.03. The summed E-state index contributed by atoms with van der Waals surface area (Å²) in [6.45, 7) is 3.68. The molecule has 0 aromatic rings. The van der Waals surface area contributed by atoms with Crippen LogP contribution in [0.2, 0.25) is 0 Å². The Morgan fingerprint density at radius 3 is 2.55 bits per heavy atom. The molecular formula is C17H24O5. The quantitative estimate of drug-likeness (QED) is 0.577. The highest BCUT2D eigenvalue weighted by atomic mass is 16.6. The van der Waals surface area contributed by atoms with Crippen molar-refractivity contribution in [3.63, 3.8) is 0 Å². The molecule has 0 spiro atoms. The minimum absolute atomic E-state index is 0.112. The number of carbonyl (C=O) groups excluding carboxylic acids is 2. The highest BCUT2D eigenvalue weighted by Gasteiger charge is 2.54. The van der Waals surface area contributed by atoms with Crippen molar-refractivity contribution in [2.45, 2.75) is 69.2 Å². The molecule has 3 atom stereocenters. The van der Waals surface area contributed by atoms with Crippen LogP contribution in [0.4, 0.5) is 0 Å². The molecule has 3 rings (SSSR count). The minimum atomic E-state index is -0.467. The number of carbonyl (C=O) groups is 2. The third-order valence-electron chi connectivity index (χ3n) is 5.40. The topological polar surface area (TPSA) is 61.8 Å². The van der Waals surface area contributed by atoms with Gasteiger partial charge in [-0.3, -0.25) is 4.79 Å². The first kappa shape index (κ1) is 15.5. The summed E-state index contributed by atoms with van der Waals surface area (Å²) in [4.78, 5) is 23.6. The van der Waals surface area contributed by atoms with Crippen molar-refractivity contribution in [1.82, 2.24) is 0 Å². The molecule has 0 amide bonds. The van der Waals surface area contributed by atoms with E-state index in [2.05, 4.69) is 11.3 Å². The van der Waals surface area contributed by atoms with Gasteiger partial charge in [-0.25, -0.2) is 4.79 Å². The first-order valence-corrected chi connectivity index (χ1v) is 8.17. The lowest BCUT2D eigenvalue weighted by molar-refractivity contribution is -0.164. The van der Waals surface area contributed by atoms with Gasteiger partial charge < -0.3 is 14.2 Å². The molecular weight excluding hydrogens is 284 g/mol. The predicted octanol–water partition coefficient (Wildman–Crippen LogP) is 2.53. The number of esters is 2. The summed E-state index contributed by atoms with van der Waals surface area (Å²) in [5.41, 5.74) is -0.252. The fourth-order valence-electron chi connectivity index (χ4n) is 4.29. The molecule has 0 aromatic carbocycles. The lowest BCUT2D eigenvalue weighted by Crippen LogP contribution is -2.45. The zero-order chi connectivity index (χ0) is 15.7. The summed E-state index contributed by atoms with van der Waals surface area (Å²) >= 11 is 0. The van der Waals surface area contributed by atoms with Crippen LogP contribution in [0.1, 0.15) is 51.4 Å². The Labute approximate surface area is 131 Å². The second-order valence-corrected chi connectivity index (χ2v) is 6.73. The number of hydrogen-bond donors (Lipinski definition) is 0. The molecule has 1 aliphatic carbocycles. The van der Waals surface area contributed by atoms with E-state index in [9.17, 15) is 9.59 Å². The third-order valence-corrected chi connectivity index (χ3v) is 5.40. The maximum absolute atomic E-state index is 12.3. The van der Waals surface area contributed by atoms with Gasteiger partial charge in [0.15, 0.2) is 0 Å². The number of methoxy groups -OCH3 is 1. The Morgan fingerprint density at radius 2 is 2.00 bits per heavy atom. The van der Waals surface area contributed by atoms with Crippen LogP contribution in [-0.4, -0.2) is 36.9 Å². The van der Waals surface area contributed by atoms with Gasteiger partial charge in [-0.05, 0) is 44.9 Å². The monoisotopic (exact) mass is 308 g/mol. The van der Waals surface area contributed by atoms with Gasteiger partial charge in [0.1, 0.15) is 5.60 Å². The number of fused-ring (bicyclic) bond motifs is 2. The molecule has 0 radical (unpaired) electrons. The number of hydrogen-bond acceptors (Lipinski definition) is 5. The van der Waals surface area contributed by atoms with Crippen molar-refractivity contribution < 1.29 is 23.8 Å². The normalized spacial score (nSPS) is 32.0. The SMILES string of the molecule is C=C(CC(=O)OC)C(=O)OC1(C2CC3CCC2O3)CCCC1. The summed E-state index contributed by atoms with van der Waals surface area (Å²) in [5, 5.41) is 0. The molecule has 2 bridgehead atoms. The highest BCUT2D eigenvalue weighted by molar-refractivity contribution is 5.93. The molecule has 3 unspecified atom stereocenters. The van der Waals surface area contributed by atoms with E-state index in [1.165, 1.54) is 7.11 Å². The Morgan fingerprint density at radius 1 is 1.27 bits per heavy atom. The van der Waals surface area contributed by atoms with E-state index in [0.29, 0.717) is 12.0 Å². The van der Waals surface area contributed by atoms with Gasteiger partial charge in [0.2, 0.25) is 0 Å². The predicted molar refractivity (Wildman–Crippen MR) is 79.1 cm³/mol. The van der Waals surface area contributed by atoms with E-state index in [4.69, 9.17) is 9.47 Å². The van der Waals surface area contributed by atoms with Crippen molar-refractivity contribution in [2.24, 2.45) is 5.92 Å². The molecule has 2 aliphatic heterocycles. The molecule has 2 saturated heterocycles. The molecule has 0 aromatic heterocycles. The maximum atomic E-state index is 12.3. The van der Waals surface area contributed by atoms with Crippen molar-refractivity contribution in [3.05, 3.63) is 12.2 Å². The minimum Gasteiger partial charge on any atom is -0.469 e. The first-order valence-electron chi connectivity index (χ1n) is 8.17. The van der Waals surface area contributed by atoms with Crippen molar-refractivity contribution >= 4 is 11.9 Å². The standard InChI is InChI=1S/C17H24O5/c1-11(9-15(18)20-2)16(19)22-17(7-3-4-8-17)13-10-12-5-6-14(13)21-12/h12-14H,1,3-10H2,2H3. The molecule has 5 heteroatoms. The molecule has 3 aliphatic rings. The Hall–Kier alpha value is -1.36. The first-order chi connectivity index (χ1) is 10.5. The zero-order valence-electron chi connectivity index (χ0n) is 13.1. The van der Waals surface area contributed by atoms with Crippen LogP contribution in [0.5, 0.6) is 0 Å². The van der Waals surface area contributed by atoms with Gasteiger partial charge in [-0.2, -0.15) is 0 Å². The van der Waals surface area contributed by atoms with Gasteiger partial charge in [0, 0.05) is 11.5 Å². The van der Waals surface area contributed by atoms with Gasteiger partial charge in [0.05, 0.1) is 25.7 Å². The van der Waals surface area contributed by atoms with Crippen molar-refractivity contribution in [1.29, 1.82) is 0 Å². The van der Waals surface area contributed by atoms with Crippen LogP contribution in [0.25, 0.3) is 0 Å². The molecule has 22 heavy (non-hydrogen) atoms. The number of ether oxygens (including phenoxy) is 3. The van der Waals surface area contributed by atoms with Crippen LogP contribution >= 0.6 is 0 Å². The summed E-state index contributed by atoms with van der Waals surface area (Å²) in [7, 11) is 1.30. The molecule has 2 heterocycles. The average molecular weight is 308 g/mol. The van der Waals surface area contributed by atoms with Crippen molar-refractivity contribution in [3.8, 4) is 0 Å². The third kappa shape index (κ3) is 2.78. The van der Waals surface area contributed by atoms with Crippen LogP contribution < -0.4 is 0 Å². The molecule has 3 fully saturated rings. The van der Waals surface area contributed by atoms with E-state index >= 15 is 0 Å². The van der Waals surface area contributed by atoms with Gasteiger partial charge in [0.25, 0.3) is 0 Å². The van der Waals surface area contributed by atoms with E-state index in [1.54, 1.807) is 0 Å². The van der Waals surface area contributed by atoms with Crippen molar-refractivity contribution in [2.75, 3.05) is 7.11 Å². The Bertz CT molecular complexity index is 477. The van der Waals surface area contributed by atoms with Gasteiger partial charge in [-0.15, -0.1) is 0 Å². The fraction of sp³-hybridized carbons (Fsp3) is 0.765. The number of rotatable bonds is 5. The summed E-state index contributed by atoms with van der Waals surface area (Å²) < 4.78 is 16.5. The molecule has 5 nitrogen and oxygen atoms in total. The second-order valence-electron chi connectivity index (χ2n) is 6.73. The summed E-state index contributed by atoms with van der Waals surface area (Å²) in [6.07, 6.45) is 7.56. The lowest BCUT2D eigenvalue weighted by Gasteiger charge is -2.38. The fourth-order valence-corrected chi connectivity index (χ4v) is 4.29. The molecule has 0 N–H and O–H groups in total. The lowest BCUT2D eigenvalue weighted by atomic mass is 9.75. The zero-order valence-corrected chi connectivity index (χ0v) is 13.1. The highest BCUT2D eigenvalue weighted by Crippen LogP contribution is 2.51. The van der Waals surface area contributed by atoms with Crippen LogP contribution in [0, 0.1) is 5.92 Å². The summed E-state index contributed by atoms with van der Waals surface area (Å²) in [6, 6.07) is 0. The summed E-state index contributed by atoms with van der Waals surface area (Å²) in [5.74, 6) is -0.635. The van der Waals surface area contributed by atoms with E-state index in [1.807, 2.05) is 0 Å². The van der Waals surface area contributed by atoms with Crippen LogP contribution in [-0.2, 0) is 23.8 Å². The van der Waals surface area contributed by atoms with Crippen LogP contribution in [0.15, 0.2) is 12.2 Å². The largest absolute Gasteiger partial charge is 0.469 e. The van der Waals surface area contributed by atoms with E-state index < -0.39 is 17.5 Å². The molecule has 1 saturated carbocycles.